The van der Waals surface area contributed by atoms with Crippen molar-refractivity contribution in [3.05, 3.63) is 29.6 Å². The van der Waals surface area contributed by atoms with Crippen LogP contribution in [0.1, 0.15) is 29.9 Å². The second-order valence-electron chi connectivity index (χ2n) is 8.66. The van der Waals surface area contributed by atoms with Gasteiger partial charge in [0.2, 0.25) is 11.9 Å². The van der Waals surface area contributed by atoms with E-state index in [0.29, 0.717) is 73.0 Å². The Balaban J connectivity index is 0.00000289. The first-order valence-electron chi connectivity index (χ1n) is 11.3. The van der Waals surface area contributed by atoms with E-state index >= 15 is 0 Å². The molecule has 1 amide bonds. The maximum absolute atomic E-state index is 12.5. The smallest absolute Gasteiger partial charge is 0.257 e. The molecule has 0 unspecified atom stereocenters. The predicted octanol–water partition coefficient (Wildman–Crippen LogP) is 2.13. The number of fused-ring (bicyclic) bond motifs is 2. The van der Waals surface area contributed by atoms with Crippen LogP contribution in [0, 0.1) is 0 Å². The van der Waals surface area contributed by atoms with Crippen molar-refractivity contribution in [1.29, 1.82) is 0 Å². The lowest BCUT2D eigenvalue weighted by molar-refractivity contribution is 0.0730. The zero-order valence-electron chi connectivity index (χ0n) is 20.2. The minimum absolute atomic E-state index is 0. The third-order valence-corrected chi connectivity index (χ3v) is 6.35. The van der Waals surface area contributed by atoms with Gasteiger partial charge in [-0.15, -0.1) is 12.4 Å². The summed E-state index contributed by atoms with van der Waals surface area (Å²) < 4.78 is 10.8. The third kappa shape index (κ3) is 4.31. The van der Waals surface area contributed by atoms with E-state index in [-0.39, 0.29) is 24.4 Å². The fourth-order valence-electron chi connectivity index (χ4n) is 4.38. The van der Waals surface area contributed by atoms with Crippen molar-refractivity contribution in [2.45, 2.75) is 26.4 Å². The summed E-state index contributed by atoms with van der Waals surface area (Å²) >= 11 is 0. The Morgan fingerprint density at radius 1 is 0.943 bits per heavy atom. The molecule has 2 aliphatic heterocycles. The van der Waals surface area contributed by atoms with Gasteiger partial charge in [-0.05, 0) is 19.9 Å². The van der Waals surface area contributed by atoms with Gasteiger partial charge in [-0.2, -0.15) is 4.98 Å². The van der Waals surface area contributed by atoms with Crippen LogP contribution in [0.3, 0.4) is 0 Å². The Bertz CT molecular complexity index is 1260. The topological polar surface area (TPSA) is 123 Å². The van der Waals surface area contributed by atoms with Crippen LogP contribution in [-0.2, 0) is 6.54 Å². The van der Waals surface area contributed by atoms with Gasteiger partial charge in [-0.1, -0.05) is 0 Å². The number of hydrogen-bond donors (Lipinski definition) is 1. The van der Waals surface area contributed by atoms with E-state index in [4.69, 9.17) is 25.2 Å². The standard InChI is InChI=1S/C23H28N8O3.ClH/c1-13(2)31-12-17-15(21(31)32)11-25-22(27-17)29-5-7-30(8-6-29)23-26-16-10-19(34-4)18(33-3)9-14(16)20(24)28-23;/h9-11,13H,5-8,12H2,1-4H3,(H2,24,26,28);1H. The van der Waals surface area contributed by atoms with E-state index in [9.17, 15) is 4.79 Å². The molecular formula is C23H29ClN8O3. The van der Waals surface area contributed by atoms with E-state index in [0.717, 1.165) is 11.1 Å². The van der Waals surface area contributed by atoms with E-state index in [1.54, 1.807) is 26.5 Å². The maximum atomic E-state index is 12.5. The van der Waals surface area contributed by atoms with Gasteiger partial charge in [-0.25, -0.2) is 15.0 Å². The molecule has 0 saturated carbocycles. The number of carbonyl (C=O) groups is 1. The van der Waals surface area contributed by atoms with Crippen LogP contribution in [0.25, 0.3) is 10.9 Å². The summed E-state index contributed by atoms with van der Waals surface area (Å²) in [4.78, 5) is 37.0. The normalized spacial score (nSPS) is 15.5. The number of methoxy groups -OCH3 is 2. The fourth-order valence-corrected chi connectivity index (χ4v) is 4.38. The van der Waals surface area contributed by atoms with Gasteiger partial charge in [0.15, 0.2) is 11.5 Å². The predicted molar refractivity (Wildman–Crippen MR) is 136 cm³/mol. The number of nitrogens with two attached hydrogens (primary N) is 1. The molecule has 1 saturated heterocycles. The highest BCUT2D eigenvalue weighted by Crippen LogP contribution is 2.34. The first-order valence-corrected chi connectivity index (χ1v) is 11.3. The maximum Gasteiger partial charge on any atom is 0.257 e. The van der Waals surface area contributed by atoms with Crippen LogP contribution in [0.4, 0.5) is 17.7 Å². The number of piperazine rings is 1. The van der Waals surface area contributed by atoms with Crippen molar-refractivity contribution >= 4 is 46.9 Å². The van der Waals surface area contributed by atoms with Crippen LogP contribution in [0.15, 0.2) is 18.3 Å². The van der Waals surface area contributed by atoms with Crippen LogP contribution in [0.5, 0.6) is 11.5 Å². The van der Waals surface area contributed by atoms with Gasteiger partial charge in [-0.3, -0.25) is 4.79 Å². The molecular weight excluding hydrogens is 472 g/mol. The monoisotopic (exact) mass is 500 g/mol. The lowest BCUT2D eigenvalue weighted by atomic mass is 10.2. The number of halogens is 1. The van der Waals surface area contributed by atoms with Gasteiger partial charge < -0.3 is 29.9 Å². The van der Waals surface area contributed by atoms with Crippen molar-refractivity contribution in [2.24, 2.45) is 0 Å². The van der Waals surface area contributed by atoms with Gasteiger partial charge in [0.25, 0.3) is 5.91 Å². The van der Waals surface area contributed by atoms with Crippen molar-refractivity contribution in [3.63, 3.8) is 0 Å². The van der Waals surface area contributed by atoms with E-state index < -0.39 is 0 Å². The molecule has 0 bridgehead atoms. The molecule has 1 fully saturated rings. The molecule has 0 aliphatic carbocycles. The zero-order chi connectivity index (χ0) is 24.0. The summed E-state index contributed by atoms with van der Waals surface area (Å²) in [5, 5.41) is 0.719. The van der Waals surface area contributed by atoms with Gasteiger partial charge in [0.05, 0.1) is 37.5 Å². The second-order valence-corrected chi connectivity index (χ2v) is 8.66. The van der Waals surface area contributed by atoms with Crippen molar-refractivity contribution in [1.82, 2.24) is 24.8 Å². The quantitative estimate of drug-likeness (QED) is 0.557. The van der Waals surface area contributed by atoms with Crippen LogP contribution < -0.4 is 25.0 Å². The molecule has 12 heteroatoms. The summed E-state index contributed by atoms with van der Waals surface area (Å²) in [6.07, 6.45) is 1.66. The Hall–Kier alpha value is -3.60. The highest BCUT2D eigenvalue weighted by atomic mass is 35.5. The summed E-state index contributed by atoms with van der Waals surface area (Å²) in [5.74, 6) is 2.79. The van der Waals surface area contributed by atoms with Gasteiger partial charge >= 0.3 is 0 Å². The van der Waals surface area contributed by atoms with Gasteiger partial charge in [0, 0.05) is 49.9 Å². The SMILES string of the molecule is COc1cc2nc(N3CCN(c4ncc5c(n4)CN(C(C)C)C5=O)CC3)nc(N)c2cc1OC.Cl. The molecule has 2 N–H and O–H groups in total. The number of anilines is 3. The molecule has 2 aromatic heterocycles. The number of rotatable bonds is 5. The van der Waals surface area contributed by atoms with Crippen molar-refractivity contribution in [3.8, 4) is 11.5 Å². The Kier molecular flexibility index (Phi) is 6.70. The average Bonchev–Trinajstić information content (AvgIpc) is 3.19. The number of aromatic nitrogens is 4. The number of benzene rings is 1. The minimum atomic E-state index is 0. The van der Waals surface area contributed by atoms with E-state index in [2.05, 4.69) is 19.8 Å². The molecule has 0 spiro atoms. The van der Waals surface area contributed by atoms with E-state index in [1.165, 1.54) is 0 Å². The molecule has 11 nitrogen and oxygen atoms in total. The summed E-state index contributed by atoms with van der Waals surface area (Å²) in [5.41, 5.74) is 8.35. The molecule has 1 aromatic carbocycles. The number of amides is 1. The Morgan fingerprint density at radius 2 is 1.57 bits per heavy atom. The number of hydrogen-bond acceptors (Lipinski definition) is 10. The first kappa shape index (κ1) is 24.5. The Labute approximate surface area is 209 Å². The summed E-state index contributed by atoms with van der Waals surface area (Å²) in [6, 6.07) is 3.73. The molecule has 2 aliphatic rings. The Morgan fingerprint density at radius 3 is 2.20 bits per heavy atom. The lowest BCUT2D eigenvalue weighted by Crippen LogP contribution is -2.47. The average molecular weight is 501 g/mol. The first-order chi connectivity index (χ1) is 16.4. The summed E-state index contributed by atoms with van der Waals surface area (Å²) in [6.45, 7) is 7.32. The molecule has 0 radical (unpaired) electrons. The number of ether oxygens (including phenoxy) is 2. The third-order valence-electron chi connectivity index (χ3n) is 6.35. The van der Waals surface area contributed by atoms with Crippen molar-refractivity contribution in [2.75, 3.05) is 55.9 Å². The molecule has 4 heterocycles. The minimum Gasteiger partial charge on any atom is -0.493 e. The van der Waals surface area contributed by atoms with E-state index in [1.807, 2.05) is 24.8 Å². The highest BCUT2D eigenvalue weighted by Gasteiger charge is 2.32. The van der Waals surface area contributed by atoms with Gasteiger partial charge in [0.1, 0.15) is 5.82 Å². The number of carbonyl (C=O) groups excluding carboxylic acids is 1. The molecule has 0 atom stereocenters. The lowest BCUT2D eigenvalue weighted by Gasteiger charge is -2.34. The second kappa shape index (κ2) is 9.57. The van der Waals surface area contributed by atoms with Crippen LogP contribution in [0.2, 0.25) is 0 Å². The van der Waals surface area contributed by atoms with Crippen LogP contribution in [-0.4, -0.2) is 77.2 Å². The molecule has 5 rings (SSSR count). The fraction of sp³-hybridized carbons (Fsp3) is 0.435. The van der Waals surface area contributed by atoms with Crippen molar-refractivity contribution < 1.29 is 14.3 Å². The summed E-state index contributed by atoms with van der Waals surface area (Å²) in [7, 11) is 3.17. The zero-order valence-corrected chi connectivity index (χ0v) is 21.0. The molecule has 186 valence electrons. The van der Waals surface area contributed by atoms with Crippen LogP contribution >= 0.6 is 12.4 Å². The molecule has 3 aromatic rings. The number of nitrogens with zero attached hydrogens (tertiary/aromatic N) is 7. The highest BCUT2D eigenvalue weighted by molar-refractivity contribution is 5.97. The largest absolute Gasteiger partial charge is 0.493 e. The molecule has 35 heavy (non-hydrogen) atoms. The number of nitrogen functional groups attached to an aromatic ring is 1.